The molecule has 2 nitrogen and oxygen atoms in total. The summed E-state index contributed by atoms with van der Waals surface area (Å²) >= 11 is 3.47. The first kappa shape index (κ1) is 13.7. The van der Waals surface area contributed by atoms with E-state index in [4.69, 9.17) is 0 Å². The molecule has 0 aromatic heterocycles. The van der Waals surface area contributed by atoms with E-state index in [0.29, 0.717) is 0 Å². The predicted molar refractivity (Wildman–Crippen MR) is 73.6 cm³/mol. The molecular formula is C13H21BrN2. The monoisotopic (exact) mass is 284 g/mol. The fraction of sp³-hybridized carbons (Fsp3) is 0.538. The molecule has 0 saturated carbocycles. The first-order chi connectivity index (χ1) is 7.47. The molecule has 0 aliphatic carbocycles. The molecule has 0 unspecified atom stereocenters. The Morgan fingerprint density at radius 1 is 1.19 bits per heavy atom. The molecule has 3 heteroatoms. The van der Waals surface area contributed by atoms with Gasteiger partial charge in [0.2, 0.25) is 0 Å². The summed E-state index contributed by atoms with van der Waals surface area (Å²) < 4.78 is 1.14. The van der Waals surface area contributed by atoms with Crippen LogP contribution in [0.2, 0.25) is 0 Å². The number of rotatable bonds is 5. The van der Waals surface area contributed by atoms with E-state index in [9.17, 15) is 0 Å². The topological polar surface area (TPSA) is 24.1 Å². The summed E-state index contributed by atoms with van der Waals surface area (Å²) in [5.41, 5.74) is 1.52. The highest BCUT2D eigenvalue weighted by molar-refractivity contribution is 9.10. The molecule has 0 spiro atoms. The smallest absolute Gasteiger partial charge is 0.0206 e. The molecule has 1 rings (SSSR count). The quantitative estimate of drug-likeness (QED) is 0.813. The minimum Gasteiger partial charge on any atom is -0.311 e. The van der Waals surface area contributed by atoms with Crippen LogP contribution in [-0.2, 0) is 6.54 Å². The zero-order chi connectivity index (χ0) is 12.0. The molecule has 0 bridgehead atoms. The van der Waals surface area contributed by atoms with Gasteiger partial charge in [-0.3, -0.25) is 0 Å². The van der Waals surface area contributed by atoms with Crippen LogP contribution >= 0.6 is 15.9 Å². The van der Waals surface area contributed by atoms with Crippen molar-refractivity contribution in [2.45, 2.75) is 32.9 Å². The van der Waals surface area contributed by atoms with Crippen molar-refractivity contribution < 1.29 is 0 Å². The van der Waals surface area contributed by atoms with Crippen LogP contribution in [0.3, 0.4) is 0 Å². The van der Waals surface area contributed by atoms with Crippen molar-refractivity contribution in [3.8, 4) is 0 Å². The van der Waals surface area contributed by atoms with Gasteiger partial charge in [-0.25, -0.2) is 0 Å². The van der Waals surface area contributed by atoms with Crippen LogP contribution in [0.5, 0.6) is 0 Å². The van der Waals surface area contributed by atoms with Gasteiger partial charge in [0, 0.05) is 29.6 Å². The van der Waals surface area contributed by atoms with Crippen molar-refractivity contribution in [3.63, 3.8) is 0 Å². The number of nitrogens with one attached hydrogen (secondary N) is 2. The first-order valence-corrected chi connectivity index (χ1v) is 6.47. The molecule has 0 heterocycles. The molecule has 0 atom stereocenters. The third-order valence-corrected chi connectivity index (χ3v) is 2.67. The Hall–Kier alpha value is -0.380. The minimum atomic E-state index is 0.206. The van der Waals surface area contributed by atoms with E-state index in [1.807, 2.05) is 6.07 Å². The van der Waals surface area contributed by atoms with Gasteiger partial charge < -0.3 is 10.6 Å². The van der Waals surface area contributed by atoms with Gasteiger partial charge in [0.15, 0.2) is 0 Å². The third kappa shape index (κ3) is 6.26. The zero-order valence-electron chi connectivity index (χ0n) is 10.3. The highest BCUT2D eigenvalue weighted by atomic mass is 79.9. The molecule has 90 valence electrons. The maximum Gasteiger partial charge on any atom is 0.0206 e. The Balaban J connectivity index is 2.17. The molecule has 0 saturated heterocycles. The Morgan fingerprint density at radius 3 is 2.56 bits per heavy atom. The number of halogens is 1. The number of hydrogen-bond donors (Lipinski definition) is 2. The summed E-state index contributed by atoms with van der Waals surface area (Å²) in [5, 5.41) is 6.87. The van der Waals surface area contributed by atoms with Gasteiger partial charge in [0.25, 0.3) is 0 Å². The molecule has 0 aliphatic heterocycles. The summed E-state index contributed by atoms with van der Waals surface area (Å²) in [6.45, 7) is 9.45. The Labute approximate surface area is 107 Å². The fourth-order valence-electron chi connectivity index (χ4n) is 1.41. The fourth-order valence-corrected chi connectivity index (χ4v) is 1.85. The largest absolute Gasteiger partial charge is 0.311 e. The van der Waals surface area contributed by atoms with Crippen LogP contribution in [0, 0.1) is 0 Å². The summed E-state index contributed by atoms with van der Waals surface area (Å²) in [6.07, 6.45) is 0. The van der Waals surface area contributed by atoms with Crippen molar-refractivity contribution in [3.05, 3.63) is 34.3 Å². The number of benzene rings is 1. The molecule has 0 radical (unpaired) electrons. The summed E-state index contributed by atoms with van der Waals surface area (Å²) in [4.78, 5) is 0. The van der Waals surface area contributed by atoms with E-state index in [0.717, 1.165) is 24.1 Å². The van der Waals surface area contributed by atoms with Crippen molar-refractivity contribution >= 4 is 15.9 Å². The SMILES string of the molecule is CC(C)(C)NCCNCc1cccc(Br)c1. The highest BCUT2D eigenvalue weighted by Crippen LogP contribution is 2.11. The van der Waals surface area contributed by atoms with Crippen LogP contribution < -0.4 is 10.6 Å². The van der Waals surface area contributed by atoms with Crippen LogP contribution in [0.4, 0.5) is 0 Å². The average molecular weight is 285 g/mol. The average Bonchev–Trinajstić information content (AvgIpc) is 2.15. The van der Waals surface area contributed by atoms with Crippen LogP contribution in [0.15, 0.2) is 28.7 Å². The number of hydrogen-bond acceptors (Lipinski definition) is 2. The van der Waals surface area contributed by atoms with Gasteiger partial charge >= 0.3 is 0 Å². The van der Waals surface area contributed by atoms with Crippen molar-refractivity contribution in [1.29, 1.82) is 0 Å². The van der Waals surface area contributed by atoms with Gasteiger partial charge in [-0.05, 0) is 38.5 Å². The molecule has 0 fully saturated rings. The van der Waals surface area contributed by atoms with Crippen molar-refractivity contribution in [1.82, 2.24) is 10.6 Å². The lowest BCUT2D eigenvalue weighted by atomic mass is 10.1. The molecule has 1 aromatic carbocycles. The molecule has 0 amide bonds. The second-order valence-corrected chi connectivity index (χ2v) is 5.90. The van der Waals surface area contributed by atoms with E-state index < -0.39 is 0 Å². The Kier molecular flexibility index (Phi) is 5.46. The van der Waals surface area contributed by atoms with Crippen LogP contribution in [0.1, 0.15) is 26.3 Å². The molecular weight excluding hydrogens is 264 g/mol. The van der Waals surface area contributed by atoms with Gasteiger partial charge in [-0.1, -0.05) is 28.1 Å². The van der Waals surface area contributed by atoms with E-state index in [1.165, 1.54) is 5.56 Å². The van der Waals surface area contributed by atoms with Gasteiger partial charge in [-0.15, -0.1) is 0 Å². The van der Waals surface area contributed by atoms with Gasteiger partial charge in [0.1, 0.15) is 0 Å². The molecule has 1 aromatic rings. The van der Waals surface area contributed by atoms with Crippen LogP contribution in [0.25, 0.3) is 0 Å². The Bertz CT molecular complexity index is 318. The maximum absolute atomic E-state index is 3.47. The first-order valence-electron chi connectivity index (χ1n) is 5.67. The second kappa shape index (κ2) is 6.38. The summed E-state index contributed by atoms with van der Waals surface area (Å²) in [5.74, 6) is 0. The lowest BCUT2D eigenvalue weighted by Gasteiger charge is -2.20. The second-order valence-electron chi connectivity index (χ2n) is 4.98. The lowest BCUT2D eigenvalue weighted by molar-refractivity contribution is 0.421. The minimum absolute atomic E-state index is 0.206. The van der Waals surface area contributed by atoms with Crippen molar-refractivity contribution in [2.24, 2.45) is 0 Å². The standard InChI is InChI=1S/C13H21BrN2/c1-13(2,3)16-8-7-15-10-11-5-4-6-12(14)9-11/h4-6,9,15-16H,7-8,10H2,1-3H3. The van der Waals surface area contributed by atoms with Gasteiger partial charge in [-0.2, -0.15) is 0 Å². The molecule has 0 aliphatic rings. The predicted octanol–water partition coefficient (Wildman–Crippen LogP) is 2.93. The molecule has 16 heavy (non-hydrogen) atoms. The lowest BCUT2D eigenvalue weighted by Crippen LogP contribution is -2.40. The van der Waals surface area contributed by atoms with E-state index in [1.54, 1.807) is 0 Å². The normalized spacial score (nSPS) is 11.8. The highest BCUT2D eigenvalue weighted by Gasteiger charge is 2.06. The van der Waals surface area contributed by atoms with E-state index in [-0.39, 0.29) is 5.54 Å². The Morgan fingerprint density at radius 2 is 1.94 bits per heavy atom. The van der Waals surface area contributed by atoms with Gasteiger partial charge in [0.05, 0.1) is 0 Å². The van der Waals surface area contributed by atoms with E-state index >= 15 is 0 Å². The van der Waals surface area contributed by atoms with Crippen LogP contribution in [-0.4, -0.2) is 18.6 Å². The molecule has 2 N–H and O–H groups in total. The van der Waals surface area contributed by atoms with Crippen molar-refractivity contribution in [2.75, 3.05) is 13.1 Å². The summed E-state index contributed by atoms with van der Waals surface area (Å²) in [6, 6.07) is 8.39. The maximum atomic E-state index is 3.47. The summed E-state index contributed by atoms with van der Waals surface area (Å²) in [7, 11) is 0. The third-order valence-electron chi connectivity index (χ3n) is 2.18. The zero-order valence-corrected chi connectivity index (χ0v) is 11.9. The van der Waals surface area contributed by atoms with E-state index in [2.05, 4.69) is 65.5 Å².